The normalized spacial score (nSPS) is 14.7. The molecule has 17 heteroatoms. The lowest BCUT2D eigenvalue weighted by Gasteiger charge is -2.28. The van der Waals surface area contributed by atoms with E-state index in [1.165, 1.54) is 23.0 Å². The molecule has 5 rings (SSSR count). The molecular weight excluding hydrogens is 610 g/mol. The van der Waals surface area contributed by atoms with Crippen molar-refractivity contribution in [2.45, 2.75) is 38.2 Å². The van der Waals surface area contributed by atoms with E-state index in [1.807, 2.05) is 0 Å². The highest BCUT2D eigenvalue weighted by molar-refractivity contribution is 5.86. The topological polar surface area (TPSA) is 130 Å². The minimum Gasteiger partial charge on any atom is -0.378 e. The van der Waals surface area contributed by atoms with Crippen molar-refractivity contribution in [1.82, 2.24) is 30.0 Å². The number of anilines is 2. The second-order valence-corrected chi connectivity index (χ2v) is 10.3. The van der Waals surface area contributed by atoms with E-state index in [4.69, 9.17) is 0 Å². The van der Waals surface area contributed by atoms with Crippen LogP contribution in [0.3, 0.4) is 0 Å². The Bertz CT molecular complexity index is 1740. The number of rotatable bonds is 11. The molecule has 1 saturated heterocycles. The van der Waals surface area contributed by atoms with Gasteiger partial charge in [0.05, 0.1) is 42.0 Å². The average molecular weight is 639 g/mol. The van der Waals surface area contributed by atoms with Gasteiger partial charge in [0.2, 0.25) is 0 Å². The molecule has 0 spiro atoms. The number of hydrogen-bond donors (Lipinski definition) is 3. The summed E-state index contributed by atoms with van der Waals surface area (Å²) in [6.45, 7) is -0.660. The highest BCUT2D eigenvalue weighted by Gasteiger charge is 2.37. The van der Waals surface area contributed by atoms with Crippen LogP contribution >= 0.6 is 0 Å². The van der Waals surface area contributed by atoms with E-state index >= 15 is 4.39 Å². The fourth-order valence-corrected chi connectivity index (χ4v) is 5.10. The number of ether oxygens (including phenoxy) is 1. The Morgan fingerprint density at radius 3 is 2.53 bits per heavy atom. The molecule has 1 fully saturated rings. The van der Waals surface area contributed by atoms with Gasteiger partial charge in [0, 0.05) is 50.5 Å². The predicted molar refractivity (Wildman–Crippen MR) is 153 cm³/mol. The number of alkyl halides is 5. The number of benzene rings is 1. The van der Waals surface area contributed by atoms with Crippen LogP contribution in [0.4, 0.5) is 37.8 Å². The first kappa shape index (κ1) is 31.9. The molecule has 1 aliphatic rings. The minimum atomic E-state index is -5.04. The van der Waals surface area contributed by atoms with Gasteiger partial charge in [0.25, 0.3) is 11.1 Å². The van der Waals surface area contributed by atoms with Gasteiger partial charge in [0.15, 0.2) is 0 Å². The van der Waals surface area contributed by atoms with Crippen LogP contribution in [0.5, 0.6) is 0 Å². The summed E-state index contributed by atoms with van der Waals surface area (Å²) < 4.78 is 86.6. The molecule has 11 nitrogen and oxygen atoms in total. The van der Waals surface area contributed by atoms with Crippen molar-refractivity contribution in [2.75, 3.05) is 43.0 Å². The molecule has 0 unspecified atom stereocenters. The second-order valence-electron chi connectivity index (χ2n) is 10.3. The van der Waals surface area contributed by atoms with Crippen molar-refractivity contribution in [2.24, 2.45) is 0 Å². The number of aromatic amines is 1. The van der Waals surface area contributed by atoms with Crippen molar-refractivity contribution in [3.05, 3.63) is 75.1 Å². The van der Waals surface area contributed by atoms with Crippen molar-refractivity contribution in [1.29, 1.82) is 0 Å². The Morgan fingerprint density at radius 1 is 1.07 bits per heavy atom. The summed E-state index contributed by atoms with van der Waals surface area (Å²) in [4.78, 5) is 35.8. The molecule has 0 amide bonds. The number of fused-ring (bicyclic) bond motifs is 1. The molecule has 3 N–H and O–H groups in total. The lowest BCUT2D eigenvalue weighted by molar-refractivity contribution is -0.138. The summed E-state index contributed by atoms with van der Waals surface area (Å²) in [5.74, 6) is -0.000612. The van der Waals surface area contributed by atoms with Gasteiger partial charge >= 0.3 is 12.8 Å². The molecule has 0 aliphatic carbocycles. The summed E-state index contributed by atoms with van der Waals surface area (Å²) in [5.41, 5.74) is -3.83. The fraction of sp³-hybridized carbons (Fsp3) is 0.393. The second kappa shape index (κ2) is 13.6. The maximum Gasteiger partial charge on any atom is 0.423 e. The Hall–Kier alpha value is -4.51. The fourth-order valence-electron chi connectivity index (χ4n) is 5.10. The van der Waals surface area contributed by atoms with Gasteiger partial charge in [-0.2, -0.15) is 27.1 Å². The molecule has 0 radical (unpaired) electrons. The van der Waals surface area contributed by atoms with Crippen LogP contribution in [0.25, 0.3) is 22.0 Å². The monoisotopic (exact) mass is 638 g/mol. The number of piperazine rings is 1. The highest BCUT2D eigenvalue weighted by atomic mass is 19.4. The first-order chi connectivity index (χ1) is 21.5. The van der Waals surface area contributed by atoms with Gasteiger partial charge in [-0.25, -0.2) is 14.5 Å². The number of H-pyrrole nitrogens is 1. The van der Waals surface area contributed by atoms with Crippen molar-refractivity contribution >= 4 is 22.3 Å². The molecule has 4 heterocycles. The molecular formula is C28H28F6N8O3. The number of aryl methyl sites for hydroxylation is 1. The van der Waals surface area contributed by atoms with Crippen LogP contribution in [-0.2, 0) is 17.5 Å². The SMILES string of the molecule is O=c1[nH]ncc(N[C@H](CCCn2ccc3cc(-c4cnc(N5CCNCC5)cn4)c(F)cc3c2=O)COC(F)F)c1C(F)(F)F. The van der Waals surface area contributed by atoms with Gasteiger partial charge in [-0.1, -0.05) is 0 Å². The van der Waals surface area contributed by atoms with E-state index in [2.05, 4.69) is 35.3 Å². The Balaban J connectivity index is 1.30. The molecule has 45 heavy (non-hydrogen) atoms. The van der Waals surface area contributed by atoms with Crippen LogP contribution < -0.4 is 26.7 Å². The van der Waals surface area contributed by atoms with E-state index in [-0.39, 0.29) is 30.3 Å². The van der Waals surface area contributed by atoms with Crippen LogP contribution in [0, 0.1) is 5.82 Å². The molecule has 1 atom stereocenters. The lowest BCUT2D eigenvalue weighted by atomic mass is 10.1. The third-order valence-electron chi connectivity index (χ3n) is 7.29. The first-order valence-corrected chi connectivity index (χ1v) is 13.9. The van der Waals surface area contributed by atoms with E-state index in [0.717, 1.165) is 38.4 Å². The van der Waals surface area contributed by atoms with Crippen LogP contribution in [-0.4, -0.2) is 70.2 Å². The summed E-state index contributed by atoms with van der Waals surface area (Å²) >= 11 is 0. The third kappa shape index (κ3) is 7.59. The molecule has 0 saturated carbocycles. The van der Waals surface area contributed by atoms with Crippen molar-refractivity contribution in [3.8, 4) is 11.3 Å². The number of halogens is 6. The van der Waals surface area contributed by atoms with E-state index < -0.39 is 53.6 Å². The zero-order chi connectivity index (χ0) is 32.1. The molecule has 3 aromatic heterocycles. The highest BCUT2D eigenvalue weighted by Crippen LogP contribution is 2.32. The minimum absolute atomic E-state index is 0.0306. The zero-order valence-electron chi connectivity index (χ0n) is 23.6. The Morgan fingerprint density at radius 2 is 1.84 bits per heavy atom. The number of nitrogens with zero attached hydrogens (tertiary/aromatic N) is 5. The summed E-state index contributed by atoms with van der Waals surface area (Å²) in [6.07, 6.45) is 0.313. The summed E-state index contributed by atoms with van der Waals surface area (Å²) in [6, 6.07) is 3.11. The Kier molecular flexibility index (Phi) is 9.67. The smallest absolute Gasteiger partial charge is 0.378 e. The largest absolute Gasteiger partial charge is 0.423 e. The van der Waals surface area contributed by atoms with Gasteiger partial charge in [-0.05, 0) is 36.4 Å². The van der Waals surface area contributed by atoms with Gasteiger partial charge in [0.1, 0.15) is 17.2 Å². The molecule has 4 aromatic rings. The van der Waals surface area contributed by atoms with Gasteiger partial charge in [-0.3, -0.25) is 14.6 Å². The van der Waals surface area contributed by atoms with E-state index in [1.54, 1.807) is 17.4 Å². The number of aromatic nitrogens is 5. The van der Waals surface area contributed by atoms with Crippen molar-refractivity contribution in [3.63, 3.8) is 0 Å². The summed E-state index contributed by atoms with van der Waals surface area (Å²) in [7, 11) is 0. The van der Waals surface area contributed by atoms with Crippen molar-refractivity contribution < 1.29 is 31.1 Å². The van der Waals surface area contributed by atoms with E-state index in [0.29, 0.717) is 16.9 Å². The molecule has 1 aliphatic heterocycles. The molecule has 0 bridgehead atoms. The number of nitrogens with one attached hydrogen (secondary N) is 3. The maximum absolute atomic E-state index is 15.2. The lowest BCUT2D eigenvalue weighted by Crippen LogP contribution is -2.43. The zero-order valence-corrected chi connectivity index (χ0v) is 23.6. The standard InChI is InChI=1S/C28H28F6N8O3/c29-20-11-18-16(10-19(20)21-12-37-23(14-36-21)41-8-4-35-5-9-41)3-7-42(26(18)44)6-1-2-17(15-45-27(30)31)39-22-13-38-40-25(43)24(22)28(32,33)34/h3,7,10-14,17,27,35H,1-2,4-6,8-9,15H2,(H2,39,40,43)/t17-/m1/s1. The molecule has 1 aromatic carbocycles. The third-order valence-corrected chi connectivity index (χ3v) is 7.29. The Labute approximate surface area is 251 Å². The number of hydrogen-bond acceptors (Lipinski definition) is 9. The van der Waals surface area contributed by atoms with Crippen LogP contribution in [0.15, 0.2) is 52.6 Å². The molecule has 240 valence electrons. The summed E-state index contributed by atoms with van der Waals surface area (Å²) in [5, 5.41) is 11.3. The van der Waals surface area contributed by atoms with Gasteiger partial charge in [-0.15, -0.1) is 0 Å². The predicted octanol–water partition coefficient (Wildman–Crippen LogP) is 3.61. The van der Waals surface area contributed by atoms with E-state index in [9.17, 15) is 31.5 Å². The number of pyridine rings is 1. The maximum atomic E-state index is 15.2. The first-order valence-electron chi connectivity index (χ1n) is 13.9. The quantitative estimate of drug-likeness (QED) is 0.211. The average Bonchev–Trinajstić information content (AvgIpc) is 3.01. The van der Waals surface area contributed by atoms with Crippen LogP contribution in [0.1, 0.15) is 18.4 Å². The van der Waals surface area contributed by atoms with Crippen LogP contribution in [0.2, 0.25) is 0 Å². The van der Waals surface area contributed by atoms with Gasteiger partial charge < -0.3 is 24.8 Å².